The molecule has 4 rings (SSSR count). The van der Waals surface area contributed by atoms with Crippen LogP contribution in [0.5, 0.6) is 0 Å². The van der Waals surface area contributed by atoms with Gasteiger partial charge >= 0.3 is 6.03 Å². The number of hydrogen-bond donors (Lipinski definition) is 2. The number of rotatable bonds is 4. The van der Waals surface area contributed by atoms with Crippen LogP contribution in [-0.4, -0.2) is 22.3 Å². The molecule has 0 aliphatic carbocycles. The van der Waals surface area contributed by atoms with Crippen LogP contribution in [-0.2, 0) is 4.79 Å². The Hall–Kier alpha value is -3.31. The molecule has 0 saturated carbocycles. The van der Waals surface area contributed by atoms with Crippen molar-refractivity contribution >= 4 is 29.2 Å². The smallest absolute Gasteiger partial charge is 0.307 e. The van der Waals surface area contributed by atoms with Crippen LogP contribution in [0.15, 0.2) is 91.0 Å². The second kappa shape index (κ2) is 9.67. The molecular formula is C25H24ClN3O2. The minimum atomic E-state index is -0.468. The third-order valence-electron chi connectivity index (χ3n) is 5.53. The molecular weight excluding hydrogens is 410 g/mol. The first-order valence-electron chi connectivity index (χ1n) is 10.3. The molecule has 3 amide bonds. The molecule has 1 fully saturated rings. The highest BCUT2D eigenvalue weighted by Crippen LogP contribution is 2.40. The number of hydrogen-bond acceptors (Lipinski definition) is 2. The number of carbonyl (C=O) groups excluding carboxylic acids is 2. The molecule has 158 valence electrons. The Morgan fingerprint density at radius 2 is 1.39 bits per heavy atom. The van der Waals surface area contributed by atoms with Gasteiger partial charge in [0.15, 0.2) is 0 Å². The Kier molecular flexibility index (Phi) is 6.53. The first kappa shape index (κ1) is 20.9. The number of amides is 3. The van der Waals surface area contributed by atoms with Crippen LogP contribution in [0.3, 0.4) is 0 Å². The van der Waals surface area contributed by atoms with Crippen molar-refractivity contribution < 1.29 is 9.59 Å². The lowest BCUT2D eigenvalue weighted by Gasteiger charge is -2.31. The van der Waals surface area contributed by atoms with Crippen LogP contribution in [0.4, 0.5) is 10.5 Å². The standard InChI is InChI=1S/C25H24ClN3O2/c26-22-17-24(30)29(28-25(31)27-20-14-8-3-9-15-20)23(19-12-6-2-7-13-19)16-21(22)18-10-4-1-5-11-18/h1-15,21-23H,16-17H2,(H2,27,28,31). The quantitative estimate of drug-likeness (QED) is 0.535. The number of hydrazine groups is 1. The van der Waals surface area contributed by atoms with E-state index in [1.54, 1.807) is 12.1 Å². The first-order chi connectivity index (χ1) is 15.1. The molecule has 5 nitrogen and oxygen atoms in total. The molecule has 0 radical (unpaired) electrons. The second-order valence-corrected chi connectivity index (χ2v) is 8.16. The summed E-state index contributed by atoms with van der Waals surface area (Å²) in [6, 6.07) is 28.1. The van der Waals surface area contributed by atoms with Crippen molar-refractivity contribution in [1.29, 1.82) is 0 Å². The van der Waals surface area contributed by atoms with E-state index in [2.05, 4.69) is 10.7 Å². The van der Waals surface area contributed by atoms with Gasteiger partial charge in [-0.1, -0.05) is 78.9 Å². The molecule has 3 unspecified atom stereocenters. The highest BCUT2D eigenvalue weighted by Gasteiger charge is 2.38. The molecule has 6 heteroatoms. The molecule has 1 aliphatic rings. The number of carbonyl (C=O) groups is 2. The fraction of sp³-hybridized carbons (Fsp3) is 0.200. The number of nitrogens with zero attached hydrogens (tertiary/aromatic N) is 1. The third kappa shape index (κ3) is 5.06. The number of nitrogens with one attached hydrogen (secondary N) is 2. The number of anilines is 1. The molecule has 0 spiro atoms. The lowest BCUT2D eigenvalue weighted by Crippen LogP contribution is -2.49. The number of para-hydroxylation sites is 1. The molecule has 31 heavy (non-hydrogen) atoms. The van der Waals surface area contributed by atoms with Gasteiger partial charge in [0.1, 0.15) is 0 Å². The summed E-state index contributed by atoms with van der Waals surface area (Å²) in [6.07, 6.45) is 0.732. The predicted octanol–water partition coefficient (Wildman–Crippen LogP) is 5.48. The third-order valence-corrected chi connectivity index (χ3v) is 5.99. The van der Waals surface area contributed by atoms with Crippen LogP contribution >= 0.6 is 11.6 Å². The Morgan fingerprint density at radius 1 is 0.839 bits per heavy atom. The van der Waals surface area contributed by atoms with Crippen LogP contribution in [0, 0.1) is 0 Å². The van der Waals surface area contributed by atoms with E-state index in [1.165, 1.54) is 5.01 Å². The van der Waals surface area contributed by atoms with Crippen molar-refractivity contribution in [3.8, 4) is 0 Å². The minimum absolute atomic E-state index is 0.0268. The van der Waals surface area contributed by atoms with Crippen molar-refractivity contribution in [3.05, 3.63) is 102 Å². The van der Waals surface area contributed by atoms with Gasteiger partial charge in [0.05, 0.1) is 6.04 Å². The average Bonchev–Trinajstić information content (AvgIpc) is 2.91. The summed E-state index contributed by atoms with van der Waals surface area (Å²) in [5.74, 6) is -0.239. The lowest BCUT2D eigenvalue weighted by atomic mass is 9.87. The molecule has 3 aromatic rings. The van der Waals surface area contributed by atoms with Crippen molar-refractivity contribution in [2.45, 2.75) is 30.2 Å². The normalized spacial score (nSPS) is 21.3. The van der Waals surface area contributed by atoms with Gasteiger partial charge in [0.25, 0.3) is 0 Å². The van der Waals surface area contributed by atoms with Crippen LogP contribution < -0.4 is 10.7 Å². The maximum Gasteiger partial charge on any atom is 0.338 e. The van der Waals surface area contributed by atoms with E-state index < -0.39 is 6.03 Å². The molecule has 0 aromatic heterocycles. The fourth-order valence-corrected chi connectivity index (χ4v) is 4.39. The summed E-state index contributed by atoms with van der Waals surface area (Å²) in [7, 11) is 0. The minimum Gasteiger partial charge on any atom is -0.307 e. The van der Waals surface area contributed by atoms with Crippen molar-refractivity contribution in [3.63, 3.8) is 0 Å². The summed E-state index contributed by atoms with van der Waals surface area (Å²) in [5, 5.41) is 3.85. The molecule has 1 aliphatic heterocycles. The number of benzene rings is 3. The van der Waals surface area contributed by atoms with Crippen LogP contribution in [0.25, 0.3) is 0 Å². The van der Waals surface area contributed by atoms with Gasteiger partial charge < -0.3 is 5.32 Å². The van der Waals surface area contributed by atoms with Crippen molar-refractivity contribution in [2.75, 3.05) is 5.32 Å². The summed E-state index contributed by atoms with van der Waals surface area (Å²) in [5.41, 5.74) is 5.46. The topological polar surface area (TPSA) is 61.4 Å². The molecule has 3 atom stereocenters. The maximum absolute atomic E-state index is 13.2. The van der Waals surface area contributed by atoms with Gasteiger partial charge in [-0.25, -0.2) is 15.2 Å². The Bertz CT molecular complexity index is 1010. The van der Waals surface area contributed by atoms with Gasteiger partial charge in [0.2, 0.25) is 5.91 Å². The predicted molar refractivity (Wildman–Crippen MR) is 123 cm³/mol. The Morgan fingerprint density at radius 3 is 2.00 bits per heavy atom. The molecule has 1 saturated heterocycles. The van der Waals surface area contributed by atoms with E-state index >= 15 is 0 Å². The summed E-state index contributed by atoms with van der Waals surface area (Å²) >= 11 is 6.73. The fourth-order valence-electron chi connectivity index (χ4n) is 4.01. The van der Waals surface area contributed by atoms with E-state index in [-0.39, 0.29) is 29.7 Å². The molecule has 3 aromatic carbocycles. The average molecular weight is 434 g/mol. The Balaban J connectivity index is 1.63. The van der Waals surface area contributed by atoms with Gasteiger partial charge in [-0.2, -0.15) is 0 Å². The number of halogens is 1. The van der Waals surface area contributed by atoms with E-state index in [4.69, 9.17) is 11.6 Å². The zero-order chi connectivity index (χ0) is 21.6. The van der Waals surface area contributed by atoms with Crippen molar-refractivity contribution in [1.82, 2.24) is 10.4 Å². The van der Waals surface area contributed by atoms with Crippen LogP contribution in [0.1, 0.15) is 35.9 Å². The highest BCUT2D eigenvalue weighted by atomic mass is 35.5. The summed E-state index contributed by atoms with van der Waals surface area (Å²) in [6.45, 7) is 0. The van der Waals surface area contributed by atoms with E-state index in [0.717, 1.165) is 11.1 Å². The van der Waals surface area contributed by atoms with E-state index in [0.29, 0.717) is 12.1 Å². The molecule has 2 N–H and O–H groups in total. The van der Waals surface area contributed by atoms with Gasteiger partial charge in [-0.3, -0.25) is 4.79 Å². The van der Waals surface area contributed by atoms with E-state index in [9.17, 15) is 9.59 Å². The lowest BCUT2D eigenvalue weighted by molar-refractivity contribution is -0.135. The SMILES string of the molecule is O=C(Nc1ccccc1)NN1C(=O)CC(Cl)C(c2ccccc2)CC1c1ccccc1. The van der Waals surface area contributed by atoms with Gasteiger partial charge in [-0.05, 0) is 29.7 Å². The first-order valence-corrected chi connectivity index (χ1v) is 10.7. The number of alkyl halides is 1. The number of urea groups is 1. The summed E-state index contributed by atoms with van der Waals surface area (Å²) < 4.78 is 0. The van der Waals surface area contributed by atoms with Gasteiger partial charge in [0, 0.05) is 23.4 Å². The molecule has 1 heterocycles. The Labute approximate surface area is 187 Å². The zero-order valence-corrected chi connectivity index (χ0v) is 17.7. The maximum atomic E-state index is 13.2. The summed E-state index contributed by atoms with van der Waals surface area (Å²) in [4.78, 5) is 25.9. The van der Waals surface area contributed by atoms with Crippen molar-refractivity contribution in [2.24, 2.45) is 0 Å². The van der Waals surface area contributed by atoms with E-state index in [1.807, 2.05) is 78.9 Å². The monoisotopic (exact) mass is 433 g/mol. The largest absolute Gasteiger partial charge is 0.338 e. The molecule has 0 bridgehead atoms. The zero-order valence-electron chi connectivity index (χ0n) is 16.9. The van der Waals surface area contributed by atoms with Crippen LogP contribution in [0.2, 0.25) is 0 Å². The highest BCUT2D eigenvalue weighted by molar-refractivity contribution is 6.22. The second-order valence-electron chi connectivity index (χ2n) is 7.60. The van der Waals surface area contributed by atoms with Gasteiger partial charge in [-0.15, -0.1) is 11.6 Å².